The molecule has 1 saturated heterocycles. The van der Waals surface area contributed by atoms with Gasteiger partial charge < -0.3 is 15.0 Å². The van der Waals surface area contributed by atoms with Crippen molar-refractivity contribution in [3.05, 3.63) is 30.5 Å². The molecule has 0 saturated carbocycles. The van der Waals surface area contributed by atoms with Crippen LogP contribution < -0.4 is 11.3 Å². The number of hydrogen-bond donors (Lipinski definition) is 1. The van der Waals surface area contributed by atoms with Gasteiger partial charge in [-0.2, -0.15) is 0 Å². The fourth-order valence-electron chi connectivity index (χ4n) is 2.03. The quantitative estimate of drug-likeness (QED) is 0.663. The molecule has 19 heavy (non-hydrogen) atoms. The zero-order valence-electron chi connectivity index (χ0n) is 12.1. The molecular formula is C14H21BN2O2. The van der Waals surface area contributed by atoms with Gasteiger partial charge in [0.2, 0.25) is 0 Å². The first-order valence-electron chi connectivity index (χ1n) is 6.47. The minimum absolute atomic E-state index is 0.369. The number of nitrogens with zero attached hydrogens (tertiary/aromatic N) is 1. The van der Waals surface area contributed by atoms with Crippen LogP contribution in [-0.4, -0.2) is 23.3 Å². The molecule has 0 unspecified atom stereocenters. The Morgan fingerprint density at radius 2 is 1.89 bits per heavy atom. The maximum absolute atomic E-state index is 6.02. The van der Waals surface area contributed by atoms with Crippen molar-refractivity contribution in [2.75, 3.05) is 5.73 Å². The Hall–Kier alpha value is -1.33. The van der Waals surface area contributed by atoms with Crippen molar-refractivity contribution in [1.29, 1.82) is 0 Å². The second-order valence-electron chi connectivity index (χ2n) is 5.89. The van der Waals surface area contributed by atoms with E-state index in [4.69, 9.17) is 15.0 Å². The van der Waals surface area contributed by atoms with Crippen molar-refractivity contribution in [3.63, 3.8) is 0 Å². The van der Waals surface area contributed by atoms with E-state index >= 15 is 0 Å². The van der Waals surface area contributed by atoms with Crippen molar-refractivity contribution in [2.24, 2.45) is 0 Å². The van der Waals surface area contributed by atoms with Crippen molar-refractivity contribution in [1.82, 2.24) is 4.98 Å². The Morgan fingerprint density at radius 3 is 2.42 bits per heavy atom. The molecule has 102 valence electrons. The van der Waals surface area contributed by atoms with Gasteiger partial charge in [0.15, 0.2) is 0 Å². The summed E-state index contributed by atoms with van der Waals surface area (Å²) in [5, 5.41) is 0. The third-order valence-corrected chi connectivity index (χ3v) is 3.86. The first-order chi connectivity index (χ1) is 8.77. The van der Waals surface area contributed by atoms with Gasteiger partial charge >= 0.3 is 7.12 Å². The van der Waals surface area contributed by atoms with E-state index in [-0.39, 0.29) is 11.2 Å². The number of anilines is 1. The normalized spacial score (nSPS) is 20.5. The van der Waals surface area contributed by atoms with Gasteiger partial charge in [-0.15, -0.1) is 6.58 Å². The van der Waals surface area contributed by atoms with E-state index in [2.05, 4.69) is 11.6 Å². The van der Waals surface area contributed by atoms with Gasteiger partial charge in [-0.1, -0.05) is 6.08 Å². The van der Waals surface area contributed by atoms with Gasteiger partial charge in [-0.05, 0) is 45.7 Å². The molecule has 0 aliphatic carbocycles. The van der Waals surface area contributed by atoms with E-state index in [1.165, 1.54) is 0 Å². The van der Waals surface area contributed by atoms with Gasteiger partial charge in [0, 0.05) is 6.20 Å². The summed E-state index contributed by atoms with van der Waals surface area (Å²) in [5.41, 5.74) is 7.46. The zero-order valence-corrected chi connectivity index (χ0v) is 12.1. The minimum atomic E-state index is -0.458. The highest BCUT2D eigenvalue weighted by atomic mass is 16.7. The lowest BCUT2D eigenvalue weighted by Crippen LogP contribution is -2.41. The molecular weight excluding hydrogens is 239 g/mol. The molecule has 2 rings (SSSR count). The molecule has 1 fully saturated rings. The molecule has 0 aromatic carbocycles. The molecule has 1 aliphatic heterocycles. The van der Waals surface area contributed by atoms with Crippen molar-refractivity contribution < 1.29 is 9.31 Å². The van der Waals surface area contributed by atoms with Crippen molar-refractivity contribution in [2.45, 2.75) is 45.3 Å². The largest absolute Gasteiger partial charge is 0.514 e. The van der Waals surface area contributed by atoms with Gasteiger partial charge in [0.05, 0.1) is 22.5 Å². The average molecular weight is 260 g/mol. The Kier molecular flexibility index (Phi) is 3.45. The predicted octanol–water partition coefficient (Wildman–Crippen LogP) is 1.69. The van der Waals surface area contributed by atoms with E-state index in [0.717, 1.165) is 11.2 Å². The van der Waals surface area contributed by atoms with E-state index < -0.39 is 7.12 Å². The summed E-state index contributed by atoms with van der Waals surface area (Å²) in [4.78, 5) is 4.39. The maximum atomic E-state index is 6.02. The molecule has 1 aromatic heterocycles. The molecule has 0 amide bonds. The fourth-order valence-corrected chi connectivity index (χ4v) is 2.03. The van der Waals surface area contributed by atoms with Crippen LogP contribution in [0, 0.1) is 0 Å². The second kappa shape index (κ2) is 4.65. The smallest absolute Gasteiger partial charge is 0.398 e. The molecule has 0 bridgehead atoms. The van der Waals surface area contributed by atoms with E-state index in [1.807, 2.05) is 39.8 Å². The lowest BCUT2D eigenvalue weighted by Gasteiger charge is -2.32. The Labute approximate surface area is 115 Å². The summed E-state index contributed by atoms with van der Waals surface area (Å²) in [7, 11) is -0.458. The molecule has 5 heteroatoms. The molecule has 0 radical (unpaired) electrons. The molecule has 0 atom stereocenters. The predicted molar refractivity (Wildman–Crippen MR) is 78.3 cm³/mol. The number of rotatable bonds is 3. The summed E-state index contributed by atoms with van der Waals surface area (Å²) in [6.45, 7) is 11.9. The third kappa shape index (κ3) is 2.53. The summed E-state index contributed by atoms with van der Waals surface area (Å²) in [5.74, 6) is 0. The summed E-state index contributed by atoms with van der Waals surface area (Å²) in [6, 6.07) is 1.90. The van der Waals surface area contributed by atoms with Crippen molar-refractivity contribution in [3.8, 4) is 0 Å². The molecule has 1 aliphatic rings. The Balaban J connectivity index is 2.36. The Morgan fingerprint density at radius 1 is 1.32 bits per heavy atom. The van der Waals surface area contributed by atoms with E-state index in [9.17, 15) is 0 Å². The highest BCUT2D eigenvalue weighted by Crippen LogP contribution is 2.36. The molecule has 2 N–H and O–H groups in total. The van der Waals surface area contributed by atoms with Crippen LogP contribution in [0.15, 0.2) is 24.9 Å². The highest BCUT2D eigenvalue weighted by Gasteiger charge is 2.52. The van der Waals surface area contributed by atoms with Crippen LogP contribution in [0.1, 0.15) is 33.3 Å². The van der Waals surface area contributed by atoms with Gasteiger partial charge in [0.25, 0.3) is 0 Å². The van der Waals surface area contributed by atoms with E-state index in [1.54, 1.807) is 6.20 Å². The molecule has 0 spiro atoms. The number of aromatic nitrogens is 1. The summed E-state index contributed by atoms with van der Waals surface area (Å²) in [6.07, 6.45) is 4.15. The van der Waals surface area contributed by atoms with Gasteiger partial charge in [-0.3, -0.25) is 4.98 Å². The van der Waals surface area contributed by atoms with Crippen LogP contribution >= 0.6 is 0 Å². The van der Waals surface area contributed by atoms with Crippen LogP contribution in [0.25, 0.3) is 0 Å². The van der Waals surface area contributed by atoms with Crippen LogP contribution in [0.5, 0.6) is 0 Å². The van der Waals surface area contributed by atoms with Crippen LogP contribution in [-0.2, 0) is 15.7 Å². The molecule has 1 aromatic rings. The average Bonchev–Trinajstić information content (AvgIpc) is 2.48. The molecule has 2 heterocycles. The third-order valence-electron chi connectivity index (χ3n) is 3.86. The topological polar surface area (TPSA) is 57.4 Å². The highest BCUT2D eigenvalue weighted by molar-refractivity contribution is 6.61. The zero-order chi connectivity index (χ0) is 14.3. The number of allylic oxidation sites excluding steroid dienone is 1. The second-order valence-corrected chi connectivity index (χ2v) is 5.89. The number of pyridine rings is 1. The standard InChI is InChI=1S/C14H21BN2O2/c1-6-7-10-8-11(16)9-17-12(10)15-18-13(2,3)14(4,5)19-15/h6,8-9H,1,7,16H2,2-5H3. The van der Waals surface area contributed by atoms with E-state index in [0.29, 0.717) is 12.1 Å². The van der Waals surface area contributed by atoms with Gasteiger partial charge in [0.1, 0.15) is 0 Å². The summed E-state index contributed by atoms with van der Waals surface area (Å²) >= 11 is 0. The maximum Gasteiger partial charge on any atom is 0.514 e. The van der Waals surface area contributed by atoms with Gasteiger partial charge in [-0.25, -0.2) is 0 Å². The fraction of sp³-hybridized carbons (Fsp3) is 0.500. The van der Waals surface area contributed by atoms with Crippen molar-refractivity contribution >= 4 is 18.4 Å². The summed E-state index contributed by atoms with van der Waals surface area (Å²) < 4.78 is 12.0. The van der Waals surface area contributed by atoms with Crippen LogP contribution in [0.4, 0.5) is 5.69 Å². The number of nitrogens with two attached hydrogens (primary N) is 1. The first kappa shape index (κ1) is 14.1. The molecule has 4 nitrogen and oxygen atoms in total. The minimum Gasteiger partial charge on any atom is -0.398 e. The lowest BCUT2D eigenvalue weighted by molar-refractivity contribution is 0.00578. The van der Waals surface area contributed by atoms with Crippen LogP contribution in [0.2, 0.25) is 0 Å². The monoisotopic (exact) mass is 260 g/mol. The Bertz CT molecular complexity index is 484. The first-order valence-corrected chi connectivity index (χ1v) is 6.47. The number of nitrogen functional groups attached to an aromatic ring is 1. The SMILES string of the molecule is C=CCc1cc(N)cnc1B1OC(C)(C)C(C)(C)O1. The lowest BCUT2D eigenvalue weighted by atomic mass is 9.80. The van der Waals surface area contributed by atoms with Crippen LogP contribution in [0.3, 0.4) is 0 Å². The number of hydrogen-bond acceptors (Lipinski definition) is 4.